The third-order valence-electron chi connectivity index (χ3n) is 3.66. The van der Waals surface area contributed by atoms with Crippen LogP contribution in [0.4, 0.5) is 0 Å². The predicted octanol–water partition coefficient (Wildman–Crippen LogP) is 0.532. The molecule has 17 heavy (non-hydrogen) atoms. The van der Waals surface area contributed by atoms with Crippen LogP contribution in [0.3, 0.4) is 0 Å². The van der Waals surface area contributed by atoms with E-state index in [2.05, 4.69) is 4.98 Å². The number of hydrogen-bond donors (Lipinski definition) is 0. The van der Waals surface area contributed by atoms with Crippen molar-refractivity contribution in [1.29, 1.82) is 0 Å². The van der Waals surface area contributed by atoms with Gasteiger partial charge in [0.25, 0.3) is 0 Å². The average molecular weight is 236 g/mol. The molecule has 0 N–H and O–H groups in total. The molecule has 0 atom stereocenters. The Balaban J connectivity index is 2.32. The third kappa shape index (κ3) is 1.81. The van der Waals surface area contributed by atoms with Crippen molar-refractivity contribution in [3.8, 4) is 0 Å². The van der Waals surface area contributed by atoms with Crippen LogP contribution >= 0.6 is 0 Å². The molecular weight excluding hydrogens is 219 g/mol. The first-order chi connectivity index (χ1) is 7.78. The van der Waals surface area contributed by atoms with Crippen LogP contribution in [0.5, 0.6) is 0 Å². The largest absolute Gasteiger partial charge is 0.514 e. The van der Waals surface area contributed by atoms with E-state index in [0.717, 1.165) is 11.9 Å². The first-order valence-corrected chi connectivity index (χ1v) is 5.61. The maximum absolute atomic E-state index is 10.7. The fourth-order valence-electron chi connectivity index (χ4n) is 1.73. The summed E-state index contributed by atoms with van der Waals surface area (Å²) in [5, 5.41) is 0. The number of imidazole rings is 1. The molecule has 0 aromatic carbocycles. The lowest BCUT2D eigenvalue weighted by molar-refractivity contribution is 0.00578. The SMILES string of the molecule is Cn1c(B2OC(C)(C)C(C)(C)O2)cnc1C=O. The first kappa shape index (κ1) is 12.3. The molecule has 1 aromatic rings. The summed E-state index contributed by atoms with van der Waals surface area (Å²) >= 11 is 0. The Labute approximate surface area is 101 Å². The van der Waals surface area contributed by atoms with Crippen molar-refractivity contribution in [2.24, 2.45) is 7.05 Å². The van der Waals surface area contributed by atoms with E-state index >= 15 is 0 Å². The fraction of sp³-hybridized carbons (Fsp3) is 0.636. The minimum absolute atomic E-state index is 0.370. The highest BCUT2D eigenvalue weighted by Crippen LogP contribution is 2.36. The summed E-state index contributed by atoms with van der Waals surface area (Å²) in [7, 11) is 1.29. The molecule has 6 heteroatoms. The van der Waals surface area contributed by atoms with Crippen LogP contribution in [-0.4, -0.2) is 34.2 Å². The maximum Gasteiger partial charge on any atom is 0.514 e. The highest BCUT2D eigenvalue weighted by Gasteiger charge is 2.52. The van der Waals surface area contributed by atoms with Crippen molar-refractivity contribution in [3.05, 3.63) is 12.0 Å². The van der Waals surface area contributed by atoms with Gasteiger partial charge in [-0.3, -0.25) is 4.79 Å². The Kier molecular flexibility index (Phi) is 2.67. The number of aromatic nitrogens is 2. The van der Waals surface area contributed by atoms with E-state index in [1.165, 1.54) is 0 Å². The zero-order valence-electron chi connectivity index (χ0n) is 10.9. The predicted molar refractivity (Wildman–Crippen MR) is 64.3 cm³/mol. The van der Waals surface area contributed by atoms with Gasteiger partial charge in [-0.15, -0.1) is 0 Å². The lowest BCUT2D eigenvalue weighted by Gasteiger charge is -2.32. The summed E-state index contributed by atoms with van der Waals surface area (Å²) in [5.74, 6) is 0.370. The maximum atomic E-state index is 10.7. The molecule has 5 nitrogen and oxygen atoms in total. The smallest absolute Gasteiger partial charge is 0.398 e. The molecule has 0 bridgehead atoms. The molecule has 0 aliphatic carbocycles. The number of hydrogen-bond acceptors (Lipinski definition) is 4. The summed E-state index contributed by atoms with van der Waals surface area (Å²) < 4.78 is 13.5. The van der Waals surface area contributed by atoms with Gasteiger partial charge in [-0.2, -0.15) is 0 Å². The van der Waals surface area contributed by atoms with Gasteiger partial charge in [0.05, 0.1) is 16.8 Å². The van der Waals surface area contributed by atoms with Crippen molar-refractivity contribution < 1.29 is 14.1 Å². The molecule has 0 spiro atoms. The minimum Gasteiger partial charge on any atom is -0.398 e. The van der Waals surface area contributed by atoms with E-state index in [4.69, 9.17) is 9.31 Å². The van der Waals surface area contributed by atoms with Crippen LogP contribution in [0.15, 0.2) is 6.20 Å². The van der Waals surface area contributed by atoms with Gasteiger partial charge in [0.2, 0.25) is 0 Å². The molecule has 1 aliphatic heterocycles. The van der Waals surface area contributed by atoms with Crippen LogP contribution in [0.25, 0.3) is 0 Å². The zero-order chi connectivity index (χ0) is 12.8. The molecule has 1 aromatic heterocycles. The third-order valence-corrected chi connectivity index (χ3v) is 3.66. The summed E-state index contributed by atoms with van der Waals surface area (Å²) in [6, 6.07) is 0. The number of nitrogens with zero attached hydrogens (tertiary/aromatic N) is 2. The van der Waals surface area contributed by atoms with Crippen molar-refractivity contribution >= 4 is 19.0 Å². The molecule has 0 amide bonds. The molecule has 0 radical (unpaired) electrons. The topological polar surface area (TPSA) is 53.4 Å². The van der Waals surface area contributed by atoms with Gasteiger partial charge in [0.15, 0.2) is 12.1 Å². The molecule has 2 rings (SSSR count). The van der Waals surface area contributed by atoms with Crippen molar-refractivity contribution in [1.82, 2.24) is 9.55 Å². The van der Waals surface area contributed by atoms with Crippen molar-refractivity contribution in [2.45, 2.75) is 38.9 Å². The van der Waals surface area contributed by atoms with Gasteiger partial charge in [-0.25, -0.2) is 4.98 Å². The molecule has 1 fully saturated rings. The lowest BCUT2D eigenvalue weighted by Crippen LogP contribution is -2.41. The van der Waals surface area contributed by atoms with Crippen molar-refractivity contribution in [2.75, 3.05) is 0 Å². The Morgan fingerprint density at radius 3 is 2.24 bits per heavy atom. The van der Waals surface area contributed by atoms with E-state index in [-0.39, 0.29) is 11.2 Å². The second kappa shape index (κ2) is 3.68. The molecule has 92 valence electrons. The summed E-state index contributed by atoms with van der Waals surface area (Å²) in [5.41, 5.74) is -0.0159. The van der Waals surface area contributed by atoms with E-state index in [1.54, 1.807) is 17.8 Å². The molecular formula is C11H17BN2O3. The standard InChI is InChI=1S/C11H17BN2O3/c1-10(2)11(3,4)17-12(16-10)8-6-13-9(7-15)14(8)5/h6-7H,1-5H3. The highest BCUT2D eigenvalue weighted by molar-refractivity contribution is 6.61. The van der Waals surface area contributed by atoms with E-state index in [1.807, 2.05) is 27.7 Å². The van der Waals surface area contributed by atoms with Gasteiger partial charge >= 0.3 is 7.12 Å². The Hall–Kier alpha value is -1.14. The Morgan fingerprint density at radius 2 is 1.82 bits per heavy atom. The highest BCUT2D eigenvalue weighted by atomic mass is 16.7. The number of aldehydes is 1. The van der Waals surface area contributed by atoms with Crippen LogP contribution in [-0.2, 0) is 16.4 Å². The van der Waals surface area contributed by atoms with E-state index in [0.29, 0.717) is 5.82 Å². The second-order valence-electron chi connectivity index (χ2n) is 5.31. The molecule has 1 aliphatic rings. The van der Waals surface area contributed by atoms with E-state index < -0.39 is 7.12 Å². The van der Waals surface area contributed by atoms with Gasteiger partial charge < -0.3 is 13.9 Å². The second-order valence-corrected chi connectivity index (χ2v) is 5.31. The van der Waals surface area contributed by atoms with Crippen LogP contribution in [0.1, 0.15) is 38.3 Å². The normalized spacial score (nSPS) is 21.8. The average Bonchev–Trinajstić information content (AvgIpc) is 2.65. The number of carbonyl (C=O) groups is 1. The lowest BCUT2D eigenvalue weighted by atomic mass is 9.85. The van der Waals surface area contributed by atoms with Crippen molar-refractivity contribution in [3.63, 3.8) is 0 Å². The van der Waals surface area contributed by atoms with Crippen LogP contribution in [0.2, 0.25) is 0 Å². The zero-order valence-corrected chi connectivity index (χ0v) is 10.9. The summed E-state index contributed by atoms with van der Waals surface area (Å²) in [4.78, 5) is 14.8. The van der Waals surface area contributed by atoms with Crippen LogP contribution < -0.4 is 5.59 Å². The van der Waals surface area contributed by atoms with Crippen LogP contribution in [0, 0.1) is 0 Å². The van der Waals surface area contributed by atoms with Gasteiger partial charge in [-0.1, -0.05) is 0 Å². The number of carbonyl (C=O) groups excluding carboxylic acids is 1. The Morgan fingerprint density at radius 1 is 1.29 bits per heavy atom. The first-order valence-electron chi connectivity index (χ1n) is 5.61. The summed E-state index contributed by atoms with van der Waals surface area (Å²) in [6.07, 6.45) is 2.33. The van der Waals surface area contributed by atoms with E-state index in [9.17, 15) is 4.79 Å². The van der Waals surface area contributed by atoms with Gasteiger partial charge in [0, 0.05) is 13.2 Å². The Bertz CT molecular complexity index is 438. The molecule has 2 heterocycles. The number of rotatable bonds is 2. The van der Waals surface area contributed by atoms with Gasteiger partial charge in [-0.05, 0) is 27.7 Å². The monoisotopic (exact) mass is 236 g/mol. The summed E-state index contributed by atoms with van der Waals surface area (Å²) in [6.45, 7) is 7.96. The minimum atomic E-state index is -0.480. The molecule has 0 saturated carbocycles. The fourth-order valence-corrected chi connectivity index (χ4v) is 1.73. The quantitative estimate of drug-likeness (QED) is 0.555. The molecule has 1 saturated heterocycles. The molecule has 0 unspecified atom stereocenters. The van der Waals surface area contributed by atoms with Gasteiger partial charge in [0.1, 0.15) is 0 Å².